The maximum atomic E-state index is 10.4. The first-order chi connectivity index (χ1) is 6.63. The van der Waals surface area contributed by atoms with Crippen molar-refractivity contribution in [1.82, 2.24) is 4.98 Å². The van der Waals surface area contributed by atoms with Gasteiger partial charge in [0.2, 0.25) is 5.88 Å². The van der Waals surface area contributed by atoms with Crippen LogP contribution in [0.25, 0.3) is 0 Å². The van der Waals surface area contributed by atoms with E-state index in [1.807, 2.05) is 6.92 Å². The molecule has 76 valence electrons. The third-order valence-electron chi connectivity index (χ3n) is 1.62. The van der Waals surface area contributed by atoms with Gasteiger partial charge in [-0.2, -0.15) is 0 Å². The van der Waals surface area contributed by atoms with Crippen LogP contribution >= 0.6 is 0 Å². The number of amides is 1. The summed E-state index contributed by atoms with van der Waals surface area (Å²) in [6.07, 6.45) is 0.341. The second-order valence-electron chi connectivity index (χ2n) is 2.70. The summed E-state index contributed by atoms with van der Waals surface area (Å²) in [5.41, 5.74) is 1.26. The molecule has 5 heteroatoms. The van der Waals surface area contributed by atoms with Crippen LogP contribution in [0.5, 0.6) is 5.88 Å². The van der Waals surface area contributed by atoms with Crippen molar-refractivity contribution in [2.24, 2.45) is 0 Å². The van der Waals surface area contributed by atoms with E-state index in [9.17, 15) is 4.79 Å². The molecule has 2 N–H and O–H groups in total. The van der Waals surface area contributed by atoms with Crippen LogP contribution < -0.4 is 10.1 Å². The molecule has 0 fully saturated rings. The lowest BCUT2D eigenvalue weighted by molar-refractivity contribution is 0.209. The molecule has 1 amide bonds. The van der Waals surface area contributed by atoms with Crippen LogP contribution in [0.1, 0.15) is 12.5 Å². The molecule has 1 heterocycles. The SMILES string of the molecule is CCOc1cc(C)c(NC(=O)O)cn1. The van der Waals surface area contributed by atoms with Crippen LogP contribution in [0, 0.1) is 6.92 Å². The van der Waals surface area contributed by atoms with E-state index in [-0.39, 0.29) is 0 Å². The molecule has 0 saturated carbocycles. The Kier molecular flexibility index (Phi) is 3.28. The molecule has 5 nitrogen and oxygen atoms in total. The highest BCUT2D eigenvalue weighted by atomic mass is 16.5. The number of carbonyl (C=O) groups is 1. The van der Waals surface area contributed by atoms with Gasteiger partial charge in [-0.15, -0.1) is 0 Å². The van der Waals surface area contributed by atoms with Gasteiger partial charge in [-0.05, 0) is 19.4 Å². The Morgan fingerprint density at radius 3 is 2.93 bits per heavy atom. The van der Waals surface area contributed by atoms with Gasteiger partial charge < -0.3 is 9.84 Å². The number of hydrogen-bond donors (Lipinski definition) is 2. The summed E-state index contributed by atoms with van der Waals surface area (Å²) in [5.74, 6) is 0.501. The minimum absolute atomic E-state index is 0.473. The van der Waals surface area contributed by atoms with Crippen molar-refractivity contribution in [2.45, 2.75) is 13.8 Å². The van der Waals surface area contributed by atoms with E-state index in [1.54, 1.807) is 13.0 Å². The van der Waals surface area contributed by atoms with E-state index < -0.39 is 6.09 Å². The van der Waals surface area contributed by atoms with Crippen molar-refractivity contribution in [3.05, 3.63) is 17.8 Å². The lowest BCUT2D eigenvalue weighted by Crippen LogP contribution is -2.09. The van der Waals surface area contributed by atoms with Crippen LogP contribution in [-0.4, -0.2) is 22.8 Å². The number of rotatable bonds is 3. The molecular formula is C9H12N2O3. The zero-order chi connectivity index (χ0) is 10.6. The summed E-state index contributed by atoms with van der Waals surface area (Å²) < 4.78 is 5.16. The summed E-state index contributed by atoms with van der Waals surface area (Å²) >= 11 is 0. The number of pyridine rings is 1. The van der Waals surface area contributed by atoms with Gasteiger partial charge in [-0.25, -0.2) is 9.78 Å². The molecule has 0 aliphatic carbocycles. The predicted octanol–water partition coefficient (Wildman–Crippen LogP) is 1.88. The zero-order valence-corrected chi connectivity index (χ0v) is 8.07. The van der Waals surface area contributed by atoms with Crippen molar-refractivity contribution in [3.63, 3.8) is 0 Å². The fraction of sp³-hybridized carbons (Fsp3) is 0.333. The molecule has 1 aromatic rings. The van der Waals surface area contributed by atoms with Crippen molar-refractivity contribution in [3.8, 4) is 5.88 Å². The Balaban J connectivity index is 2.84. The van der Waals surface area contributed by atoms with Crippen LogP contribution in [-0.2, 0) is 0 Å². The summed E-state index contributed by atoms with van der Waals surface area (Å²) in [4.78, 5) is 14.3. The molecule has 1 aromatic heterocycles. The van der Waals surface area contributed by atoms with Gasteiger partial charge in [-0.3, -0.25) is 5.32 Å². The van der Waals surface area contributed by atoms with E-state index in [1.165, 1.54) is 6.20 Å². The topological polar surface area (TPSA) is 71.5 Å². The number of aryl methyl sites for hydroxylation is 1. The molecule has 0 aliphatic heterocycles. The molecule has 0 aliphatic rings. The van der Waals surface area contributed by atoms with Crippen LogP contribution in [0.3, 0.4) is 0 Å². The monoisotopic (exact) mass is 196 g/mol. The first kappa shape index (κ1) is 10.3. The lowest BCUT2D eigenvalue weighted by Gasteiger charge is -2.07. The highest BCUT2D eigenvalue weighted by Gasteiger charge is 2.04. The molecule has 0 radical (unpaired) electrons. The Morgan fingerprint density at radius 1 is 1.71 bits per heavy atom. The smallest absolute Gasteiger partial charge is 0.409 e. The molecule has 0 atom stereocenters. The fourth-order valence-corrected chi connectivity index (χ4v) is 1.00. The predicted molar refractivity (Wildman–Crippen MR) is 51.8 cm³/mol. The van der Waals surface area contributed by atoms with Crippen LogP contribution in [0.2, 0.25) is 0 Å². The first-order valence-corrected chi connectivity index (χ1v) is 4.23. The normalized spacial score (nSPS) is 9.57. The summed E-state index contributed by atoms with van der Waals surface area (Å²) in [5, 5.41) is 10.7. The van der Waals surface area contributed by atoms with Gasteiger partial charge in [0.25, 0.3) is 0 Å². The average Bonchev–Trinajstić information content (AvgIpc) is 2.10. The second-order valence-corrected chi connectivity index (χ2v) is 2.70. The van der Waals surface area contributed by atoms with E-state index in [2.05, 4.69) is 10.3 Å². The summed E-state index contributed by atoms with van der Waals surface area (Å²) in [7, 11) is 0. The van der Waals surface area contributed by atoms with Gasteiger partial charge in [0.05, 0.1) is 18.5 Å². The number of nitrogens with one attached hydrogen (secondary N) is 1. The number of carboxylic acid groups (broad SMARTS) is 1. The number of hydrogen-bond acceptors (Lipinski definition) is 3. The second kappa shape index (κ2) is 4.45. The van der Waals surface area contributed by atoms with E-state index in [0.717, 1.165) is 5.56 Å². The molecular weight excluding hydrogens is 184 g/mol. The van der Waals surface area contributed by atoms with Gasteiger partial charge in [-0.1, -0.05) is 0 Å². The van der Waals surface area contributed by atoms with Crippen LogP contribution in [0.15, 0.2) is 12.3 Å². The molecule has 0 spiro atoms. The molecule has 0 bridgehead atoms. The lowest BCUT2D eigenvalue weighted by atomic mass is 10.2. The molecule has 1 rings (SSSR count). The van der Waals surface area contributed by atoms with Crippen molar-refractivity contribution in [2.75, 3.05) is 11.9 Å². The zero-order valence-electron chi connectivity index (χ0n) is 8.07. The number of aromatic nitrogens is 1. The van der Waals surface area contributed by atoms with Gasteiger partial charge >= 0.3 is 6.09 Å². The van der Waals surface area contributed by atoms with E-state index in [0.29, 0.717) is 18.2 Å². The standard InChI is InChI=1S/C9H12N2O3/c1-3-14-8-4-6(2)7(5-10-8)11-9(12)13/h4-5,11H,3H2,1-2H3,(H,12,13). The molecule has 0 saturated heterocycles. The molecule has 0 unspecified atom stereocenters. The Bertz CT molecular complexity index is 339. The van der Waals surface area contributed by atoms with E-state index in [4.69, 9.17) is 9.84 Å². The van der Waals surface area contributed by atoms with Gasteiger partial charge in [0.15, 0.2) is 0 Å². The largest absolute Gasteiger partial charge is 0.478 e. The average molecular weight is 196 g/mol. The Hall–Kier alpha value is -1.78. The molecule has 0 aromatic carbocycles. The number of ether oxygens (including phenoxy) is 1. The van der Waals surface area contributed by atoms with Gasteiger partial charge in [0.1, 0.15) is 0 Å². The van der Waals surface area contributed by atoms with Crippen molar-refractivity contribution >= 4 is 11.8 Å². The highest BCUT2D eigenvalue weighted by Crippen LogP contribution is 2.17. The fourth-order valence-electron chi connectivity index (χ4n) is 1.00. The Morgan fingerprint density at radius 2 is 2.43 bits per heavy atom. The maximum absolute atomic E-state index is 10.4. The molecule has 14 heavy (non-hydrogen) atoms. The highest BCUT2D eigenvalue weighted by molar-refractivity contribution is 5.83. The first-order valence-electron chi connectivity index (χ1n) is 4.23. The Labute approximate surface area is 81.7 Å². The number of anilines is 1. The van der Waals surface area contributed by atoms with Crippen molar-refractivity contribution in [1.29, 1.82) is 0 Å². The van der Waals surface area contributed by atoms with Crippen LogP contribution in [0.4, 0.5) is 10.5 Å². The van der Waals surface area contributed by atoms with Crippen molar-refractivity contribution < 1.29 is 14.6 Å². The quantitative estimate of drug-likeness (QED) is 0.774. The maximum Gasteiger partial charge on any atom is 0.409 e. The third-order valence-corrected chi connectivity index (χ3v) is 1.62. The van der Waals surface area contributed by atoms with E-state index >= 15 is 0 Å². The number of nitrogens with zero attached hydrogens (tertiary/aromatic N) is 1. The minimum Gasteiger partial charge on any atom is -0.478 e. The third kappa shape index (κ3) is 2.62. The van der Waals surface area contributed by atoms with Gasteiger partial charge in [0, 0.05) is 6.07 Å². The minimum atomic E-state index is -1.10. The summed E-state index contributed by atoms with van der Waals surface area (Å²) in [6.45, 7) is 4.19. The summed E-state index contributed by atoms with van der Waals surface area (Å²) in [6, 6.07) is 1.69.